The minimum Gasteiger partial charge on any atom is -0.463 e. The highest BCUT2D eigenvalue weighted by atomic mass is 16.5. The molecule has 0 aromatic carbocycles. The minimum absolute atomic E-state index is 0.287. The maximum atomic E-state index is 10.9. The first-order valence-corrected chi connectivity index (χ1v) is 5.78. The van der Waals surface area contributed by atoms with Gasteiger partial charge in [0.2, 0.25) is 0 Å². The smallest absolute Gasteiger partial charge is 0.330 e. The molecule has 3 heteroatoms. The van der Waals surface area contributed by atoms with E-state index in [0.29, 0.717) is 19.3 Å². The number of hydrogen-bond acceptors (Lipinski definition) is 3. The maximum Gasteiger partial charge on any atom is 0.330 e. The summed E-state index contributed by atoms with van der Waals surface area (Å²) in [5.74, 6) is -0.287. The Balaban J connectivity index is 2.06. The van der Waals surface area contributed by atoms with Crippen molar-refractivity contribution in [2.45, 2.75) is 45.1 Å². The first-order chi connectivity index (χ1) is 7.33. The Morgan fingerprint density at radius 1 is 1.33 bits per heavy atom. The normalized spacial score (nSPS) is 18.2. The molecule has 0 bridgehead atoms. The molecule has 0 atom stereocenters. The van der Waals surface area contributed by atoms with Crippen LogP contribution < -0.4 is 0 Å². The summed E-state index contributed by atoms with van der Waals surface area (Å²) in [6.45, 7) is 2.74. The molecule has 3 nitrogen and oxygen atoms in total. The third-order valence-corrected chi connectivity index (χ3v) is 2.52. The lowest BCUT2D eigenvalue weighted by Gasteiger charge is -2.21. The van der Waals surface area contributed by atoms with Crippen LogP contribution in [0.15, 0.2) is 12.2 Å². The third kappa shape index (κ3) is 5.57. The fourth-order valence-corrected chi connectivity index (χ4v) is 1.76. The Morgan fingerprint density at radius 2 is 2.07 bits per heavy atom. The highest BCUT2D eigenvalue weighted by molar-refractivity contribution is 5.81. The molecular weight excluding hydrogens is 192 g/mol. The van der Waals surface area contributed by atoms with Crippen molar-refractivity contribution >= 4 is 5.97 Å². The van der Waals surface area contributed by atoms with Crippen molar-refractivity contribution < 1.29 is 14.3 Å². The molecule has 0 heterocycles. The Bertz CT molecular complexity index is 205. The average Bonchev–Trinajstić information content (AvgIpc) is 2.26. The zero-order chi connectivity index (χ0) is 10.9. The second-order valence-corrected chi connectivity index (χ2v) is 3.75. The van der Waals surface area contributed by atoms with Gasteiger partial charge in [-0.2, -0.15) is 0 Å². The van der Waals surface area contributed by atoms with Crippen LogP contribution in [0.25, 0.3) is 0 Å². The van der Waals surface area contributed by atoms with Crippen LogP contribution in [0.1, 0.15) is 39.0 Å². The van der Waals surface area contributed by atoms with Crippen LogP contribution >= 0.6 is 0 Å². The van der Waals surface area contributed by atoms with E-state index in [2.05, 4.69) is 0 Å². The molecule has 0 aromatic heterocycles. The van der Waals surface area contributed by atoms with E-state index in [4.69, 9.17) is 9.47 Å². The molecule has 1 saturated carbocycles. The Labute approximate surface area is 91.4 Å². The third-order valence-electron chi connectivity index (χ3n) is 2.52. The summed E-state index contributed by atoms with van der Waals surface area (Å²) in [7, 11) is 0. The molecule has 15 heavy (non-hydrogen) atoms. The van der Waals surface area contributed by atoms with E-state index < -0.39 is 0 Å². The Hall–Kier alpha value is -0.830. The van der Waals surface area contributed by atoms with Gasteiger partial charge in [0, 0.05) is 6.08 Å². The monoisotopic (exact) mass is 212 g/mol. The van der Waals surface area contributed by atoms with Gasteiger partial charge in [0.15, 0.2) is 0 Å². The number of ether oxygens (including phenoxy) is 2. The van der Waals surface area contributed by atoms with Gasteiger partial charge in [0.1, 0.15) is 0 Å². The summed E-state index contributed by atoms with van der Waals surface area (Å²) in [5, 5.41) is 0. The van der Waals surface area contributed by atoms with Crippen LogP contribution in [0.4, 0.5) is 0 Å². The SMILES string of the molecule is CCOC(=O)/C=C/COC1CCCCC1. The first kappa shape index (κ1) is 12.2. The molecule has 0 unspecified atom stereocenters. The molecule has 0 aromatic rings. The molecule has 0 spiro atoms. The molecule has 0 aliphatic heterocycles. The van der Waals surface area contributed by atoms with Crippen LogP contribution in [-0.2, 0) is 14.3 Å². The maximum absolute atomic E-state index is 10.9. The Kier molecular flexibility index (Phi) is 6.09. The van der Waals surface area contributed by atoms with Crippen molar-refractivity contribution in [2.75, 3.05) is 13.2 Å². The van der Waals surface area contributed by atoms with Gasteiger partial charge >= 0.3 is 5.97 Å². The van der Waals surface area contributed by atoms with Gasteiger partial charge < -0.3 is 9.47 Å². The van der Waals surface area contributed by atoms with Crippen molar-refractivity contribution in [3.63, 3.8) is 0 Å². The molecule has 0 radical (unpaired) electrons. The van der Waals surface area contributed by atoms with Gasteiger partial charge in [-0.15, -0.1) is 0 Å². The first-order valence-electron chi connectivity index (χ1n) is 5.78. The molecule has 86 valence electrons. The standard InChI is InChI=1S/C12H20O3/c1-2-14-12(13)9-6-10-15-11-7-4-3-5-8-11/h6,9,11H,2-5,7-8,10H2,1H3/b9-6+. The van der Waals surface area contributed by atoms with Gasteiger partial charge in [-0.3, -0.25) is 0 Å². The lowest BCUT2D eigenvalue weighted by atomic mass is 9.98. The summed E-state index contributed by atoms with van der Waals surface area (Å²) in [5.41, 5.74) is 0. The zero-order valence-electron chi connectivity index (χ0n) is 9.41. The number of carbonyl (C=O) groups excluding carboxylic acids is 1. The van der Waals surface area contributed by atoms with Crippen LogP contribution in [0.2, 0.25) is 0 Å². The fourth-order valence-electron chi connectivity index (χ4n) is 1.76. The predicted octanol–water partition coefficient (Wildman–Crippen LogP) is 2.46. The van der Waals surface area contributed by atoms with Crippen LogP contribution in [0.3, 0.4) is 0 Å². The topological polar surface area (TPSA) is 35.5 Å². The number of carbonyl (C=O) groups is 1. The van der Waals surface area contributed by atoms with Crippen molar-refractivity contribution in [1.82, 2.24) is 0 Å². The molecule has 0 amide bonds. The number of esters is 1. The lowest BCUT2D eigenvalue weighted by Crippen LogP contribution is -2.16. The summed E-state index contributed by atoms with van der Waals surface area (Å²) < 4.78 is 10.4. The van der Waals surface area contributed by atoms with E-state index in [9.17, 15) is 4.79 Å². The minimum atomic E-state index is -0.287. The van der Waals surface area contributed by atoms with E-state index in [-0.39, 0.29) is 5.97 Å². The van der Waals surface area contributed by atoms with E-state index in [0.717, 1.165) is 12.8 Å². The predicted molar refractivity (Wildman–Crippen MR) is 58.6 cm³/mol. The van der Waals surface area contributed by atoms with Gasteiger partial charge in [-0.1, -0.05) is 25.3 Å². The summed E-state index contributed by atoms with van der Waals surface area (Å²) in [6.07, 6.45) is 9.75. The van der Waals surface area contributed by atoms with E-state index in [1.54, 1.807) is 13.0 Å². The second-order valence-electron chi connectivity index (χ2n) is 3.75. The van der Waals surface area contributed by atoms with Gasteiger partial charge in [0.25, 0.3) is 0 Å². The van der Waals surface area contributed by atoms with Crippen LogP contribution in [-0.4, -0.2) is 25.3 Å². The summed E-state index contributed by atoms with van der Waals surface area (Å²) >= 11 is 0. The lowest BCUT2D eigenvalue weighted by molar-refractivity contribution is -0.137. The van der Waals surface area contributed by atoms with Gasteiger partial charge in [-0.05, 0) is 19.8 Å². The molecule has 1 aliphatic carbocycles. The molecule has 0 N–H and O–H groups in total. The van der Waals surface area contributed by atoms with E-state index in [1.165, 1.54) is 25.3 Å². The molecule has 1 rings (SSSR count). The second kappa shape index (κ2) is 7.46. The van der Waals surface area contributed by atoms with E-state index in [1.807, 2.05) is 0 Å². The average molecular weight is 212 g/mol. The van der Waals surface area contributed by atoms with E-state index >= 15 is 0 Å². The Morgan fingerprint density at radius 3 is 2.73 bits per heavy atom. The summed E-state index contributed by atoms with van der Waals surface area (Å²) in [4.78, 5) is 10.9. The van der Waals surface area contributed by atoms with Crippen molar-refractivity contribution in [1.29, 1.82) is 0 Å². The summed E-state index contributed by atoms with van der Waals surface area (Å²) in [6, 6.07) is 0. The van der Waals surface area contributed by atoms with Gasteiger partial charge in [-0.25, -0.2) is 4.79 Å². The number of rotatable bonds is 5. The van der Waals surface area contributed by atoms with Crippen molar-refractivity contribution in [2.24, 2.45) is 0 Å². The van der Waals surface area contributed by atoms with Gasteiger partial charge in [0.05, 0.1) is 19.3 Å². The molecular formula is C12H20O3. The highest BCUT2D eigenvalue weighted by Gasteiger charge is 2.12. The highest BCUT2D eigenvalue weighted by Crippen LogP contribution is 2.19. The molecule has 1 fully saturated rings. The quantitative estimate of drug-likeness (QED) is 0.518. The molecule has 0 saturated heterocycles. The largest absolute Gasteiger partial charge is 0.463 e. The fraction of sp³-hybridized carbons (Fsp3) is 0.750. The van der Waals surface area contributed by atoms with Crippen LogP contribution in [0.5, 0.6) is 0 Å². The van der Waals surface area contributed by atoms with Crippen molar-refractivity contribution in [3.05, 3.63) is 12.2 Å². The zero-order valence-corrected chi connectivity index (χ0v) is 9.41. The molecule has 1 aliphatic rings. The van der Waals surface area contributed by atoms with Crippen molar-refractivity contribution in [3.8, 4) is 0 Å². The van der Waals surface area contributed by atoms with Crippen LogP contribution in [0, 0.1) is 0 Å². The number of hydrogen-bond donors (Lipinski definition) is 0.